The van der Waals surface area contributed by atoms with E-state index in [0.29, 0.717) is 6.42 Å². The minimum Gasteiger partial charge on any atom is -0.392 e. The highest BCUT2D eigenvalue weighted by Gasteiger charge is 2.15. The third-order valence-corrected chi connectivity index (χ3v) is 3.35. The molecule has 1 heterocycles. The van der Waals surface area contributed by atoms with E-state index in [4.69, 9.17) is 5.73 Å². The van der Waals surface area contributed by atoms with Gasteiger partial charge in [-0.1, -0.05) is 25.1 Å². The minimum absolute atomic E-state index is 0.189. The Kier molecular flexibility index (Phi) is 3.50. The summed E-state index contributed by atoms with van der Waals surface area (Å²) in [5.74, 6) is 0. The zero-order valence-electron chi connectivity index (χ0n) is 10.4. The van der Waals surface area contributed by atoms with Gasteiger partial charge >= 0.3 is 0 Å². The number of aliphatic hydroxyl groups excluding tert-OH is 1. The largest absolute Gasteiger partial charge is 0.392 e. The van der Waals surface area contributed by atoms with E-state index in [2.05, 4.69) is 22.9 Å². The number of para-hydroxylation sites is 1. The Bertz CT molecular complexity index is 504. The van der Waals surface area contributed by atoms with Crippen LogP contribution in [0.4, 0.5) is 0 Å². The topological polar surface area (TPSA) is 51.2 Å². The Labute approximate surface area is 102 Å². The maximum Gasteiger partial charge on any atom is 0.0691 e. The first-order valence-electron chi connectivity index (χ1n) is 6.10. The Morgan fingerprint density at radius 2 is 2.06 bits per heavy atom. The lowest BCUT2D eigenvalue weighted by atomic mass is 10.0. The first kappa shape index (κ1) is 12.1. The van der Waals surface area contributed by atoms with Gasteiger partial charge in [0, 0.05) is 30.2 Å². The summed E-state index contributed by atoms with van der Waals surface area (Å²) in [4.78, 5) is 0. The summed E-state index contributed by atoms with van der Waals surface area (Å²) in [6, 6.07) is 8.09. The fourth-order valence-corrected chi connectivity index (χ4v) is 2.28. The zero-order valence-corrected chi connectivity index (χ0v) is 10.4. The molecule has 2 atom stereocenters. The third-order valence-electron chi connectivity index (χ3n) is 3.35. The number of nitrogens with zero attached hydrogens (tertiary/aromatic N) is 1. The number of fused-ring (bicyclic) bond motifs is 1. The highest BCUT2D eigenvalue weighted by molar-refractivity contribution is 5.83. The van der Waals surface area contributed by atoms with Crippen molar-refractivity contribution in [2.45, 2.75) is 31.9 Å². The van der Waals surface area contributed by atoms with Gasteiger partial charge in [0.1, 0.15) is 0 Å². The predicted molar refractivity (Wildman–Crippen MR) is 70.9 cm³/mol. The lowest BCUT2D eigenvalue weighted by Gasteiger charge is -2.16. The van der Waals surface area contributed by atoms with Gasteiger partial charge in [-0.05, 0) is 24.5 Å². The molecule has 3 heteroatoms. The van der Waals surface area contributed by atoms with Gasteiger partial charge in [-0.3, -0.25) is 0 Å². The minimum atomic E-state index is -0.422. The Hall–Kier alpha value is -1.32. The summed E-state index contributed by atoms with van der Waals surface area (Å²) < 4.78 is 2.11. The number of aryl methyl sites for hydroxylation is 1. The SMILES string of the molecule is CCC(O)C(N)Cc1cn(C)c2ccccc12. The van der Waals surface area contributed by atoms with Crippen LogP contribution in [0, 0.1) is 0 Å². The fourth-order valence-electron chi connectivity index (χ4n) is 2.28. The molecule has 17 heavy (non-hydrogen) atoms. The first-order chi connectivity index (χ1) is 8.13. The van der Waals surface area contributed by atoms with Gasteiger partial charge in [-0.15, -0.1) is 0 Å². The molecule has 92 valence electrons. The van der Waals surface area contributed by atoms with E-state index < -0.39 is 6.10 Å². The molecule has 1 aromatic carbocycles. The molecule has 0 bridgehead atoms. The van der Waals surface area contributed by atoms with E-state index in [0.717, 1.165) is 6.42 Å². The van der Waals surface area contributed by atoms with Crippen molar-refractivity contribution < 1.29 is 5.11 Å². The molecule has 0 fully saturated rings. The second kappa shape index (κ2) is 4.90. The monoisotopic (exact) mass is 232 g/mol. The number of aliphatic hydroxyl groups is 1. The van der Waals surface area contributed by atoms with Crippen molar-refractivity contribution in [2.75, 3.05) is 0 Å². The van der Waals surface area contributed by atoms with Crippen LogP contribution in [-0.4, -0.2) is 21.8 Å². The molecule has 3 N–H and O–H groups in total. The van der Waals surface area contributed by atoms with Crippen molar-refractivity contribution in [1.82, 2.24) is 4.57 Å². The maximum atomic E-state index is 9.73. The van der Waals surface area contributed by atoms with Crippen molar-refractivity contribution in [3.63, 3.8) is 0 Å². The highest BCUT2D eigenvalue weighted by atomic mass is 16.3. The van der Waals surface area contributed by atoms with Crippen LogP contribution in [0.1, 0.15) is 18.9 Å². The lowest BCUT2D eigenvalue weighted by molar-refractivity contribution is 0.140. The van der Waals surface area contributed by atoms with Crippen molar-refractivity contribution in [3.05, 3.63) is 36.0 Å². The summed E-state index contributed by atoms with van der Waals surface area (Å²) in [5.41, 5.74) is 8.42. The number of hydrogen-bond donors (Lipinski definition) is 2. The number of nitrogens with two attached hydrogens (primary N) is 1. The summed E-state index contributed by atoms with van der Waals surface area (Å²) in [6.07, 6.45) is 3.10. The van der Waals surface area contributed by atoms with Crippen LogP contribution in [0.3, 0.4) is 0 Å². The van der Waals surface area contributed by atoms with Crippen molar-refractivity contribution in [1.29, 1.82) is 0 Å². The van der Waals surface area contributed by atoms with Crippen molar-refractivity contribution in [3.8, 4) is 0 Å². The molecule has 0 aliphatic rings. The van der Waals surface area contributed by atoms with Gasteiger partial charge in [0.2, 0.25) is 0 Å². The number of benzene rings is 1. The smallest absolute Gasteiger partial charge is 0.0691 e. The second-order valence-electron chi connectivity index (χ2n) is 4.63. The summed E-state index contributed by atoms with van der Waals surface area (Å²) in [6.45, 7) is 1.95. The molecule has 0 aliphatic heterocycles. The number of hydrogen-bond acceptors (Lipinski definition) is 2. The lowest BCUT2D eigenvalue weighted by Crippen LogP contribution is -2.36. The van der Waals surface area contributed by atoms with Crippen LogP contribution in [0.2, 0.25) is 0 Å². The van der Waals surface area contributed by atoms with Crippen LogP contribution in [0.25, 0.3) is 10.9 Å². The van der Waals surface area contributed by atoms with E-state index in [9.17, 15) is 5.11 Å². The van der Waals surface area contributed by atoms with E-state index in [1.54, 1.807) is 0 Å². The van der Waals surface area contributed by atoms with Gasteiger partial charge in [0.25, 0.3) is 0 Å². The van der Waals surface area contributed by atoms with E-state index in [-0.39, 0.29) is 6.04 Å². The Morgan fingerprint density at radius 1 is 1.35 bits per heavy atom. The molecule has 0 aliphatic carbocycles. The van der Waals surface area contributed by atoms with E-state index in [1.807, 2.05) is 26.1 Å². The van der Waals surface area contributed by atoms with Crippen LogP contribution in [0.15, 0.2) is 30.5 Å². The van der Waals surface area contributed by atoms with Crippen LogP contribution >= 0.6 is 0 Å². The van der Waals surface area contributed by atoms with Crippen LogP contribution in [-0.2, 0) is 13.5 Å². The van der Waals surface area contributed by atoms with Crippen molar-refractivity contribution in [2.24, 2.45) is 12.8 Å². The van der Waals surface area contributed by atoms with Gasteiger partial charge in [-0.25, -0.2) is 0 Å². The molecular weight excluding hydrogens is 212 g/mol. The van der Waals surface area contributed by atoms with Gasteiger partial charge in [0.15, 0.2) is 0 Å². The molecule has 2 unspecified atom stereocenters. The maximum absolute atomic E-state index is 9.73. The quantitative estimate of drug-likeness (QED) is 0.844. The molecule has 0 spiro atoms. The summed E-state index contributed by atoms with van der Waals surface area (Å²) in [7, 11) is 2.04. The summed E-state index contributed by atoms with van der Waals surface area (Å²) in [5, 5.41) is 11.0. The second-order valence-corrected chi connectivity index (χ2v) is 4.63. The van der Waals surface area contributed by atoms with Crippen molar-refractivity contribution >= 4 is 10.9 Å². The summed E-state index contributed by atoms with van der Waals surface area (Å²) >= 11 is 0. The predicted octanol–water partition coefficient (Wildman–Crippen LogP) is 1.82. The first-order valence-corrected chi connectivity index (χ1v) is 6.10. The number of aromatic nitrogens is 1. The van der Waals surface area contributed by atoms with E-state index in [1.165, 1.54) is 16.5 Å². The normalized spacial score (nSPS) is 15.1. The van der Waals surface area contributed by atoms with E-state index >= 15 is 0 Å². The van der Waals surface area contributed by atoms with Gasteiger partial charge < -0.3 is 15.4 Å². The van der Waals surface area contributed by atoms with Crippen LogP contribution in [0.5, 0.6) is 0 Å². The molecular formula is C14H20N2O. The molecule has 0 amide bonds. The molecule has 0 saturated carbocycles. The van der Waals surface area contributed by atoms with Gasteiger partial charge in [-0.2, -0.15) is 0 Å². The average Bonchev–Trinajstić information content (AvgIpc) is 2.66. The van der Waals surface area contributed by atoms with Crippen LogP contribution < -0.4 is 5.73 Å². The Balaban J connectivity index is 2.30. The zero-order chi connectivity index (χ0) is 12.4. The molecule has 3 nitrogen and oxygen atoms in total. The molecule has 0 radical (unpaired) electrons. The standard InChI is InChI=1S/C14H20N2O/c1-3-14(17)12(15)8-10-9-16(2)13-7-5-4-6-11(10)13/h4-7,9,12,14,17H,3,8,15H2,1-2H3. The third kappa shape index (κ3) is 2.35. The molecule has 0 saturated heterocycles. The molecule has 2 aromatic rings. The highest BCUT2D eigenvalue weighted by Crippen LogP contribution is 2.21. The molecule has 2 rings (SSSR count). The Morgan fingerprint density at radius 3 is 2.76 bits per heavy atom. The average molecular weight is 232 g/mol. The number of rotatable bonds is 4. The fraction of sp³-hybridized carbons (Fsp3) is 0.429. The molecule has 1 aromatic heterocycles. The van der Waals surface area contributed by atoms with Gasteiger partial charge in [0.05, 0.1) is 6.10 Å².